The molecule has 3 rings (SSSR count). The first kappa shape index (κ1) is 22.7. The van der Waals surface area contributed by atoms with Gasteiger partial charge < -0.3 is 10.2 Å². The number of nitrogens with zero attached hydrogens (tertiary/aromatic N) is 2. The minimum absolute atomic E-state index is 0.0453. The molecule has 0 saturated heterocycles. The van der Waals surface area contributed by atoms with Crippen molar-refractivity contribution in [2.24, 2.45) is 0 Å². The van der Waals surface area contributed by atoms with Crippen LogP contribution in [0.3, 0.4) is 0 Å². The third kappa shape index (κ3) is 5.21. The minimum atomic E-state index is -0.752. The molecule has 2 heterocycles. The monoisotopic (exact) mass is 464 g/mol. The van der Waals surface area contributed by atoms with E-state index in [0.717, 1.165) is 6.42 Å². The number of carbonyl (C=O) groups is 1. The topological polar surface area (TPSA) is 114 Å². The molecule has 8 nitrogen and oxygen atoms in total. The molecule has 1 aromatic carbocycles. The fraction of sp³-hybridized carbons (Fsp3) is 0.286. The van der Waals surface area contributed by atoms with E-state index in [4.69, 9.17) is 33.4 Å². The Balaban J connectivity index is 2.06. The van der Waals surface area contributed by atoms with Gasteiger partial charge in [0.05, 0.1) is 19.2 Å². The Morgan fingerprint density at radius 1 is 1.26 bits per heavy atom. The summed E-state index contributed by atoms with van der Waals surface area (Å²) in [6, 6.07) is 8.15. The van der Waals surface area contributed by atoms with Crippen LogP contribution in [0.2, 0.25) is 10.0 Å². The van der Waals surface area contributed by atoms with E-state index in [1.807, 2.05) is 6.92 Å². The number of nitrogens with one attached hydrogen (secondary N) is 1. The Labute approximate surface area is 188 Å². The van der Waals surface area contributed by atoms with Gasteiger partial charge in [0, 0.05) is 16.6 Å². The van der Waals surface area contributed by atoms with Crippen LogP contribution in [-0.4, -0.2) is 15.5 Å². The molecule has 0 aliphatic rings. The Morgan fingerprint density at radius 2 is 2.03 bits per heavy atom. The summed E-state index contributed by atoms with van der Waals surface area (Å²) in [7, 11) is 0. The number of aromatic nitrogens is 2. The number of aromatic amines is 1. The van der Waals surface area contributed by atoms with Gasteiger partial charge in [0.2, 0.25) is 5.91 Å². The molecule has 1 amide bonds. The van der Waals surface area contributed by atoms with E-state index in [-0.39, 0.29) is 24.5 Å². The van der Waals surface area contributed by atoms with E-state index in [1.165, 1.54) is 21.8 Å². The summed E-state index contributed by atoms with van der Waals surface area (Å²) < 4.78 is 6.63. The second-order valence-corrected chi connectivity index (χ2v) is 7.81. The second kappa shape index (κ2) is 9.89. The van der Waals surface area contributed by atoms with Gasteiger partial charge in [-0.25, -0.2) is 4.79 Å². The molecule has 0 aliphatic carbocycles. The smallest absolute Gasteiger partial charge is 0.330 e. The molecule has 0 spiro atoms. The summed E-state index contributed by atoms with van der Waals surface area (Å²) in [5, 5.41) is 0.769. The minimum Gasteiger partial charge on any atom is -0.467 e. The van der Waals surface area contributed by atoms with Crippen LogP contribution in [0.4, 0.5) is 11.5 Å². The zero-order valence-corrected chi connectivity index (χ0v) is 18.4. The highest BCUT2D eigenvalue weighted by Crippen LogP contribution is 2.25. The zero-order valence-electron chi connectivity index (χ0n) is 16.9. The molecule has 0 fully saturated rings. The second-order valence-electron chi connectivity index (χ2n) is 6.97. The molecule has 10 heteroatoms. The summed E-state index contributed by atoms with van der Waals surface area (Å²) in [5.74, 6) is -0.0801. The summed E-state index contributed by atoms with van der Waals surface area (Å²) in [5.41, 5.74) is 5.27. The van der Waals surface area contributed by atoms with Crippen LogP contribution in [0.5, 0.6) is 0 Å². The summed E-state index contributed by atoms with van der Waals surface area (Å²) in [6.07, 6.45) is 2.86. The van der Waals surface area contributed by atoms with E-state index in [2.05, 4.69) is 4.98 Å². The van der Waals surface area contributed by atoms with Crippen LogP contribution in [-0.2, 0) is 24.3 Å². The first-order valence-corrected chi connectivity index (χ1v) is 10.5. The number of hydrogen-bond acceptors (Lipinski definition) is 5. The fourth-order valence-corrected chi connectivity index (χ4v) is 3.63. The third-order valence-corrected chi connectivity index (χ3v) is 5.36. The number of unbranched alkanes of at least 4 members (excludes halogenated alkanes) is 1. The van der Waals surface area contributed by atoms with Gasteiger partial charge in [-0.15, -0.1) is 0 Å². The normalized spacial score (nSPS) is 10.9. The van der Waals surface area contributed by atoms with Gasteiger partial charge in [-0.3, -0.25) is 24.0 Å². The molecule has 0 atom stereocenters. The number of carbonyl (C=O) groups excluding carboxylic acids is 1. The number of rotatable bonds is 8. The van der Waals surface area contributed by atoms with Crippen LogP contribution in [0, 0.1) is 0 Å². The Bertz CT molecular complexity index is 1190. The molecule has 31 heavy (non-hydrogen) atoms. The van der Waals surface area contributed by atoms with Crippen LogP contribution < -0.4 is 21.9 Å². The number of hydrogen-bond donors (Lipinski definition) is 2. The van der Waals surface area contributed by atoms with Gasteiger partial charge in [0.25, 0.3) is 5.56 Å². The van der Waals surface area contributed by atoms with E-state index in [9.17, 15) is 14.4 Å². The van der Waals surface area contributed by atoms with Gasteiger partial charge in [-0.2, -0.15) is 0 Å². The lowest BCUT2D eigenvalue weighted by atomic mass is 10.1. The predicted octanol–water partition coefficient (Wildman–Crippen LogP) is 3.59. The molecule has 0 saturated carbocycles. The van der Waals surface area contributed by atoms with Crippen LogP contribution in [0.15, 0.2) is 50.6 Å². The van der Waals surface area contributed by atoms with Gasteiger partial charge in [0.1, 0.15) is 11.6 Å². The summed E-state index contributed by atoms with van der Waals surface area (Å²) in [6.45, 7) is 2.24. The lowest BCUT2D eigenvalue weighted by molar-refractivity contribution is -0.118. The third-order valence-electron chi connectivity index (χ3n) is 4.77. The van der Waals surface area contributed by atoms with Crippen molar-refractivity contribution in [2.75, 3.05) is 10.6 Å². The van der Waals surface area contributed by atoms with Crippen molar-refractivity contribution in [1.29, 1.82) is 0 Å². The number of nitrogen functional groups attached to an aromatic ring is 1. The highest BCUT2D eigenvalue weighted by atomic mass is 35.5. The molecular formula is C21H22Cl2N4O4. The Hall–Kier alpha value is -2.97. The van der Waals surface area contributed by atoms with Crippen molar-refractivity contribution in [3.05, 3.63) is 78.8 Å². The van der Waals surface area contributed by atoms with Gasteiger partial charge in [-0.05, 0) is 36.2 Å². The van der Waals surface area contributed by atoms with Crippen molar-refractivity contribution >= 4 is 40.6 Å². The largest absolute Gasteiger partial charge is 0.467 e. The van der Waals surface area contributed by atoms with Crippen LogP contribution >= 0.6 is 23.2 Å². The number of amides is 1. The molecule has 0 aliphatic heterocycles. The summed E-state index contributed by atoms with van der Waals surface area (Å²) in [4.78, 5) is 41.7. The highest BCUT2D eigenvalue weighted by molar-refractivity contribution is 6.35. The van der Waals surface area contributed by atoms with Gasteiger partial charge in [0.15, 0.2) is 5.69 Å². The molecule has 0 bridgehead atoms. The zero-order chi connectivity index (χ0) is 22.5. The quantitative estimate of drug-likeness (QED) is 0.528. The van der Waals surface area contributed by atoms with E-state index < -0.39 is 17.2 Å². The number of H-pyrrole nitrogens is 1. The van der Waals surface area contributed by atoms with Crippen molar-refractivity contribution in [1.82, 2.24) is 9.55 Å². The molecular weight excluding hydrogens is 443 g/mol. The van der Waals surface area contributed by atoms with Crippen molar-refractivity contribution in [3.63, 3.8) is 0 Å². The highest BCUT2D eigenvalue weighted by Gasteiger charge is 2.26. The molecule has 0 unspecified atom stereocenters. The molecule has 2 aromatic heterocycles. The van der Waals surface area contributed by atoms with Crippen molar-refractivity contribution < 1.29 is 9.21 Å². The van der Waals surface area contributed by atoms with Gasteiger partial charge in [-0.1, -0.05) is 42.6 Å². The van der Waals surface area contributed by atoms with Crippen LogP contribution in [0.1, 0.15) is 31.1 Å². The first-order chi connectivity index (χ1) is 14.8. The number of furan rings is 1. The van der Waals surface area contributed by atoms with E-state index in [1.54, 1.807) is 24.3 Å². The average molecular weight is 465 g/mol. The Kier molecular flexibility index (Phi) is 7.25. The maximum absolute atomic E-state index is 13.3. The molecule has 3 N–H and O–H groups in total. The number of nitrogens with two attached hydrogens (primary N) is 1. The molecule has 3 aromatic rings. The van der Waals surface area contributed by atoms with E-state index >= 15 is 0 Å². The number of anilines is 2. The SMILES string of the molecule is CCCCn1c(N)c(N(Cc2ccco2)C(=O)Cc2ccc(Cl)cc2Cl)c(=O)[nH]c1=O. The van der Waals surface area contributed by atoms with Crippen molar-refractivity contribution in [2.45, 2.75) is 39.3 Å². The number of benzene rings is 1. The number of halogens is 2. The maximum Gasteiger partial charge on any atom is 0.330 e. The average Bonchev–Trinajstić information content (AvgIpc) is 3.22. The molecule has 164 valence electrons. The van der Waals surface area contributed by atoms with Crippen LogP contribution in [0.25, 0.3) is 0 Å². The van der Waals surface area contributed by atoms with Crippen molar-refractivity contribution in [3.8, 4) is 0 Å². The summed E-state index contributed by atoms with van der Waals surface area (Å²) >= 11 is 12.2. The Morgan fingerprint density at radius 3 is 2.68 bits per heavy atom. The predicted molar refractivity (Wildman–Crippen MR) is 121 cm³/mol. The molecule has 0 radical (unpaired) electrons. The van der Waals surface area contributed by atoms with E-state index in [0.29, 0.717) is 34.3 Å². The first-order valence-electron chi connectivity index (χ1n) is 9.71. The lowest BCUT2D eigenvalue weighted by Gasteiger charge is -2.24. The maximum atomic E-state index is 13.3. The standard InChI is InChI=1S/C21H22Cl2N4O4/c1-2-3-8-26-19(24)18(20(29)25-21(26)30)27(12-15-5-4-9-31-15)17(28)10-13-6-7-14(22)11-16(13)23/h4-7,9,11H,2-3,8,10,12,24H2,1H3,(H,25,29,30). The lowest BCUT2D eigenvalue weighted by Crippen LogP contribution is -2.41. The van der Waals surface area contributed by atoms with Gasteiger partial charge >= 0.3 is 5.69 Å². The fourth-order valence-electron chi connectivity index (χ4n) is 3.15.